The number of nitro benzene ring substituents is 1. The zero-order valence-electron chi connectivity index (χ0n) is 13.0. The number of benzene rings is 1. The first-order chi connectivity index (χ1) is 11.0. The minimum Gasteiger partial charge on any atom is -0.362 e. The topological polar surface area (TPSA) is 66.7 Å². The summed E-state index contributed by atoms with van der Waals surface area (Å²) in [7, 11) is 0. The molecule has 1 heterocycles. The lowest BCUT2D eigenvalue weighted by atomic mass is 10.2. The lowest BCUT2D eigenvalue weighted by Gasteiger charge is -2.35. The highest BCUT2D eigenvalue weighted by atomic mass is 35.5. The molecule has 6 nitrogen and oxygen atoms in total. The molecule has 1 aliphatic heterocycles. The van der Waals surface area contributed by atoms with Gasteiger partial charge in [-0.05, 0) is 24.3 Å². The Morgan fingerprint density at radius 2 is 2.04 bits per heavy atom. The number of nitrogens with zero attached hydrogens (tertiary/aromatic N) is 3. The molecule has 0 saturated carbocycles. The van der Waals surface area contributed by atoms with Crippen molar-refractivity contribution in [2.45, 2.75) is 13.3 Å². The smallest absolute Gasteiger partial charge is 0.294 e. The van der Waals surface area contributed by atoms with Crippen LogP contribution in [0.4, 0.5) is 11.4 Å². The fourth-order valence-electron chi connectivity index (χ4n) is 2.50. The van der Waals surface area contributed by atoms with E-state index in [1.165, 1.54) is 6.07 Å². The number of carbonyl (C=O) groups is 1. The molecule has 0 aromatic heterocycles. The molecule has 0 aliphatic carbocycles. The van der Waals surface area contributed by atoms with Crippen LogP contribution in [0.1, 0.15) is 13.3 Å². The van der Waals surface area contributed by atoms with Crippen LogP contribution in [0.2, 0.25) is 5.02 Å². The lowest BCUT2D eigenvalue weighted by molar-refractivity contribution is -0.384. The maximum absolute atomic E-state index is 12.1. The predicted molar refractivity (Wildman–Crippen MR) is 94.5 cm³/mol. The third kappa shape index (κ3) is 4.75. The molecule has 23 heavy (non-hydrogen) atoms. The van der Waals surface area contributed by atoms with E-state index in [9.17, 15) is 14.9 Å². The molecule has 1 fully saturated rings. The minimum absolute atomic E-state index is 0.00998. The number of carbonyl (C=O) groups excluding carboxylic acids is 1. The van der Waals surface area contributed by atoms with Gasteiger partial charge in [-0.15, -0.1) is 0 Å². The highest BCUT2D eigenvalue weighted by Gasteiger charge is 2.25. The summed E-state index contributed by atoms with van der Waals surface area (Å²) >= 11 is 7.50. The Morgan fingerprint density at radius 1 is 1.35 bits per heavy atom. The molecule has 0 bridgehead atoms. The quantitative estimate of drug-likeness (QED) is 0.444. The Labute approximate surface area is 144 Å². The van der Waals surface area contributed by atoms with Crippen molar-refractivity contribution in [2.24, 2.45) is 0 Å². The summed E-state index contributed by atoms with van der Waals surface area (Å²) in [4.78, 5) is 26.6. The Kier molecular flexibility index (Phi) is 6.53. The second-order valence-electron chi connectivity index (χ2n) is 5.31. The second-order valence-corrected chi connectivity index (χ2v) is 6.85. The molecule has 1 saturated heterocycles. The van der Waals surface area contributed by atoms with Gasteiger partial charge in [0.05, 0.1) is 10.7 Å². The number of rotatable bonds is 6. The van der Waals surface area contributed by atoms with E-state index in [0.717, 1.165) is 12.2 Å². The van der Waals surface area contributed by atoms with Gasteiger partial charge < -0.3 is 9.80 Å². The maximum atomic E-state index is 12.1. The first kappa shape index (κ1) is 17.9. The van der Waals surface area contributed by atoms with Gasteiger partial charge in [0.15, 0.2) is 0 Å². The fourth-order valence-corrected chi connectivity index (χ4v) is 3.46. The standard InChI is InChI=1S/C15H20ClN3O3S/c1-2-9-23-11-15(20)18-7-5-17(6-8-18)13-4-3-12(16)10-14(13)19(21)22/h3-4,10H,2,5-9,11H2,1H3. The number of hydrogen-bond acceptors (Lipinski definition) is 5. The van der Waals surface area contributed by atoms with Crippen LogP contribution in [-0.4, -0.2) is 53.4 Å². The summed E-state index contributed by atoms with van der Waals surface area (Å²) in [6, 6.07) is 4.70. The Balaban J connectivity index is 1.97. The van der Waals surface area contributed by atoms with Crippen LogP contribution in [-0.2, 0) is 4.79 Å². The molecule has 2 rings (SSSR count). The molecule has 0 spiro atoms. The molecular weight excluding hydrogens is 338 g/mol. The number of hydrogen-bond donors (Lipinski definition) is 0. The van der Waals surface area contributed by atoms with Gasteiger partial charge in [-0.25, -0.2) is 0 Å². The van der Waals surface area contributed by atoms with Gasteiger partial charge in [-0.2, -0.15) is 11.8 Å². The summed E-state index contributed by atoms with van der Waals surface area (Å²) in [5, 5.41) is 11.5. The zero-order valence-corrected chi connectivity index (χ0v) is 14.6. The average molecular weight is 358 g/mol. The predicted octanol–water partition coefficient (Wildman–Crippen LogP) is 3.04. The Morgan fingerprint density at radius 3 is 2.65 bits per heavy atom. The van der Waals surface area contributed by atoms with E-state index in [1.807, 2.05) is 9.80 Å². The van der Waals surface area contributed by atoms with Gasteiger partial charge in [-0.1, -0.05) is 18.5 Å². The van der Waals surface area contributed by atoms with Gasteiger partial charge in [-0.3, -0.25) is 14.9 Å². The van der Waals surface area contributed by atoms with Crippen molar-refractivity contribution >= 4 is 40.6 Å². The van der Waals surface area contributed by atoms with Crippen molar-refractivity contribution < 1.29 is 9.72 Å². The van der Waals surface area contributed by atoms with E-state index in [1.54, 1.807) is 23.9 Å². The fraction of sp³-hybridized carbons (Fsp3) is 0.533. The van der Waals surface area contributed by atoms with E-state index >= 15 is 0 Å². The SMILES string of the molecule is CCCSCC(=O)N1CCN(c2ccc(Cl)cc2[N+](=O)[O-])CC1. The first-order valence-corrected chi connectivity index (χ1v) is 9.10. The third-order valence-electron chi connectivity index (χ3n) is 3.68. The highest BCUT2D eigenvalue weighted by Crippen LogP contribution is 2.31. The summed E-state index contributed by atoms with van der Waals surface area (Å²) in [5.74, 6) is 1.64. The normalized spacial score (nSPS) is 14.9. The van der Waals surface area contributed by atoms with Gasteiger partial charge >= 0.3 is 0 Å². The van der Waals surface area contributed by atoms with Crippen LogP contribution in [0.15, 0.2) is 18.2 Å². The van der Waals surface area contributed by atoms with Crippen molar-refractivity contribution in [3.05, 3.63) is 33.3 Å². The number of halogens is 1. The number of piperazine rings is 1. The zero-order chi connectivity index (χ0) is 16.8. The number of nitro groups is 1. The van der Waals surface area contributed by atoms with E-state index in [4.69, 9.17) is 11.6 Å². The number of amides is 1. The first-order valence-electron chi connectivity index (χ1n) is 7.57. The molecule has 1 amide bonds. The molecule has 126 valence electrons. The molecule has 1 aromatic rings. The summed E-state index contributed by atoms with van der Waals surface area (Å²) in [5.41, 5.74) is 0.572. The largest absolute Gasteiger partial charge is 0.362 e. The van der Waals surface area contributed by atoms with E-state index < -0.39 is 4.92 Å². The van der Waals surface area contributed by atoms with Crippen LogP contribution in [0.3, 0.4) is 0 Å². The highest BCUT2D eigenvalue weighted by molar-refractivity contribution is 7.99. The van der Waals surface area contributed by atoms with Crippen LogP contribution < -0.4 is 4.90 Å². The van der Waals surface area contributed by atoms with E-state index in [-0.39, 0.29) is 11.6 Å². The number of thioether (sulfide) groups is 1. The van der Waals surface area contributed by atoms with Crippen molar-refractivity contribution in [1.29, 1.82) is 0 Å². The summed E-state index contributed by atoms with van der Waals surface area (Å²) < 4.78 is 0. The molecule has 0 unspecified atom stereocenters. The number of anilines is 1. The van der Waals surface area contributed by atoms with E-state index in [0.29, 0.717) is 42.6 Å². The molecule has 1 aromatic carbocycles. The molecular formula is C15H20ClN3O3S. The maximum Gasteiger partial charge on any atom is 0.294 e. The summed E-state index contributed by atoms with van der Waals surface area (Å²) in [6.07, 6.45) is 1.06. The van der Waals surface area contributed by atoms with Crippen LogP contribution >= 0.6 is 23.4 Å². The molecule has 0 atom stereocenters. The Bertz CT molecular complexity index is 577. The van der Waals surface area contributed by atoms with E-state index in [2.05, 4.69) is 6.92 Å². The van der Waals surface area contributed by atoms with Gasteiger partial charge in [0.1, 0.15) is 5.69 Å². The molecule has 0 N–H and O–H groups in total. The summed E-state index contributed by atoms with van der Waals surface area (Å²) in [6.45, 7) is 4.45. The van der Waals surface area contributed by atoms with Gasteiger partial charge in [0.2, 0.25) is 5.91 Å². The van der Waals surface area contributed by atoms with Crippen LogP contribution in [0.5, 0.6) is 0 Å². The lowest BCUT2D eigenvalue weighted by Crippen LogP contribution is -2.49. The van der Waals surface area contributed by atoms with Crippen molar-refractivity contribution in [3.8, 4) is 0 Å². The monoisotopic (exact) mass is 357 g/mol. The van der Waals surface area contributed by atoms with Crippen molar-refractivity contribution in [3.63, 3.8) is 0 Å². The average Bonchev–Trinajstić information content (AvgIpc) is 2.55. The second kappa shape index (κ2) is 8.40. The van der Waals surface area contributed by atoms with Crippen LogP contribution in [0, 0.1) is 10.1 Å². The molecule has 8 heteroatoms. The minimum atomic E-state index is -0.417. The van der Waals surface area contributed by atoms with Crippen molar-refractivity contribution in [1.82, 2.24) is 4.90 Å². The Hall–Kier alpha value is -1.47. The van der Waals surface area contributed by atoms with Crippen LogP contribution in [0.25, 0.3) is 0 Å². The molecule has 1 aliphatic rings. The van der Waals surface area contributed by atoms with Crippen molar-refractivity contribution in [2.75, 3.05) is 42.6 Å². The molecule has 0 radical (unpaired) electrons. The van der Waals surface area contributed by atoms with Gasteiger partial charge in [0, 0.05) is 37.3 Å². The van der Waals surface area contributed by atoms with Gasteiger partial charge in [0.25, 0.3) is 5.69 Å². The third-order valence-corrected chi connectivity index (χ3v) is 5.06.